The van der Waals surface area contributed by atoms with E-state index in [0.29, 0.717) is 5.56 Å². The van der Waals surface area contributed by atoms with Crippen LogP contribution in [0.2, 0.25) is 18.1 Å². The fourth-order valence-corrected chi connectivity index (χ4v) is 6.30. The molecule has 0 saturated carbocycles. The van der Waals surface area contributed by atoms with Crippen molar-refractivity contribution in [2.24, 2.45) is 0 Å². The molecule has 2 aromatic carbocycles. The zero-order chi connectivity index (χ0) is 30.2. The quantitative estimate of drug-likeness (QED) is 0.228. The molecule has 4 rings (SSSR count). The lowest BCUT2D eigenvalue weighted by Crippen LogP contribution is -2.45. The minimum Gasteiger partial charge on any atom is -0.405 e. The molecule has 41 heavy (non-hydrogen) atoms. The highest BCUT2D eigenvalue weighted by Gasteiger charge is 2.44. The van der Waals surface area contributed by atoms with Gasteiger partial charge < -0.3 is 4.43 Å². The zero-order valence-electron chi connectivity index (χ0n) is 24.1. The van der Waals surface area contributed by atoms with Crippen molar-refractivity contribution in [1.82, 2.24) is 24.7 Å². The summed E-state index contributed by atoms with van der Waals surface area (Å²) in [5, 5.41) is 6.64. The van der Waals surface area contributed by atoms with Gasteiger partial charge in [-0.3, -0.25) is 9.29 Å². The summed E-state index contributed by atoms with van der Waals surface area (Å²) in [6.45, 7) is 13.4. The number of aryl methyl sites for hydroxylation is 1. The molecule has 0 aliphatic heterocycles. The van der Waals surface area contributed by atoms with Gasteiger partial charge in [0.1, 0.15) is 28.7 Å². The molecular formula is C28H34F2N6O3SSi. The number of halogens is 2. The number of anilines is 1. The van der Waals surface area contributed by atoms with E-state index in [0.717, 1.165) is 22.3 Å². The normalized spacial score (nSPS) is 14.1. The monoisotopic (exact) mass is 600 g/mol. The molecule has 0 fully saturated rings. The highest BCUT2D eigenvalue weighted by Crippen LogP contribution is 2.41. The first-order valence-corrected chi connectivity index (χ1v) is 17.5. The van der Waals surface area contributed by atoms with Crippen LogP contribution in [0.25, 0.3) is 17.1 Å². The standard InChI is InChI=1S/C28H34F2N6O3SSi/c1-18-16-31-25(32-17-18)24(39-41(6,7)28(3,4)5)19(2)40(37,38)35-27-34-33-26(20-12-9-8-10-13-20)36(27)23-21(29)14-11-15-22(23)30/h8-17,19,24H,1-7H3,(H,34,35). The van der Waals surface area contributed by atoms with Crippen molar-refractivity contribution in [3.8, 4) is 17.1 Å². The molecule has 9 nitrogen and oxygen atoms in total. The smallest absolute Gasteiger partial charge is 0.243 e. The number of benzene rings is 2. The third-order valence-electron chi connectivity index (χ3n) is 7.29. The second-order valence-corrected chi connectivity index (χ2v) is 18.2. The van der Waals surface area contributed by atoms with Gasteiger partial charge in [-0.05, 0) is 49.7 Å². The van der Waals surface area contributed by atoms with Crippen LogP contribution in [0.5, 0.6) is 0 Å². The number of hydrogen-bond donors (Lipinski definition) is 1. The number of para-hydroxylation sites is 1. The summed E-state index contributed by atoms with van der Waals surface area (Å²) < 4.78 is 67.9. The summed E-state index contributed by atoms with van der Waals surface area (Å²) in [5.74, 6) is -1.94. The van der Waals surface area contributed by atoms with E-state index in [-0.39, 0.29) is 22.6 Å². The van der Waals surface area contributed by atoms with Crippen molar-refractivity contribution in [3.63, 3.8) is 0 Å². The molecule has 1 N–H and O–H groups in total. The van der Waals surface area contributed by atoms with E-state index in [9.17, 15) is 8.42 Å². The fourth-order valence-electron chi connectivity index (χ4n) is 3.82. The van der Waals surface area contributed by atoms with Crippen LogP contribution >= 0.6 is 0 Å². The summed E-state index contributed by atoms with van der Waals surface area (Å²) in [5.41, 5.74) is 0.771. The lowest BCUT2D eigenvalue weighted by atomic mass is 10.2. The molecule has 0 aliphatic carbocycles. The van der Waals surface area contributed by atoms with Gasteiger partial charge in [0.2, 0.25) is 16.0 Å². The van der Waals surface area contributed by atoms with Gasteiger partial charge in [0, 0.05) is 18.0 Å². The summed E-state index contributed by atoms with van der Waals surface area (Å²) in [6.07, 6.45) is 2.16. The Kier molecular flexibility index (Phi) is 8.44. The molecule has 2 unspecified atom stereocenters. The Morgan fingerprint density at radius 1 is 0.951 bits per heavy atom. The van der Waals surface area contributed by atoms with Gasteiger partial charge in [-0.2, -0.15) is 0 Å². The number of nitrogens with zero attached hydrogens (tertiary/aromatic N) is 5. The Bertz CT molecular complexity index is 1600. The van der Waals surface area contributed by atoms with Gasteiger partial charge in [0.15, 0.2) is 20.0 Å². The van der Waals surface area contributed by atoms with Crippen molar-refractivity contribution in [2.75, 3.05) is 4.72 Å². The number of hydrogen-bond acceptors (Lipinski definition) is 7. The molecule has 0 bridgehead atoms. The highest BCUT2D eigenvalue weighted by atomic mass is 32.2. The van der Waals surface area contributed by atoms with E-state index in [1.807, 2.05) is 40.8 Å². The molecule has 0 amide bonds. The van der Waals surface area contributed by atoms with Crippen LogP contribution in [0.4, 0.5) is 14.7 Å². The lowest BCUT2D eigenvalue weighted by molar-refractivity contribution is 0.172. The SMILES string of the molecule is Cc1cnc(C(O[Si](C)(C)C(C)(C)C)C(C)S(=O)(=O)Nc2nnc(-c3ccccc3)n2-c2c(F)cccc2F)nc1. The number of sulfonamides is 1. The first kappa shape index (κ1) is 30.4. The molecule has 0 aliphatic rings. The van der Waals surface area contributed by atoms with Crippen molar-refractivity contribution in [1.29, 1.82) is 0 Å². The van der Waals surface area contributed by atoms with Crippen LogP contribution in [0, 0.1) is 18.6 Å². The predicted molar refractivity (Wildman–Crippen MR) is 157 cm³/mol. The largest absolute Gasteiger partial charge is 0.405 e. The van der Waals surface area contributed by atoms with E-state index in [4.69, 9.17) is 4.43 Å². The Hall–Kier alpha value is -3.55. The minimum absolute atomic E-state index is 0.0518. The molecule has 2 atom stereocenters. The van der Waals surface area contributed by atoms with E-state index in [2.05, 4.69) is 24.9 Å². The van der Waals surface area contributed by atoms with Crippen LogP contribution in [-0.4, -0.2) is 46.7 Å². The van der Waals surface area contributed by atoms with Crippen LogP contribution in [0.1, 0.15) is 45.2 Å². The van der Waals surface area contributed by atoms with E-state index in [1.54, 1.807) is 42.7 Å². The third kappa shape index (κ3) is 6.36. The average Bonchev–Trinajstić information content (AvgIpc) is 3.29. The lowest BCUT2D eigenvalue weighted by Gasteiger charge is -2.40. The fraction of sp³-hybridized carbons (Fsp3) is 0.357. The topological polar surface area (TPSA) is 112 Å². The Morgan fingerprint density at radius 3 is 2.10 bits per heavy atom. The van der Waals surface area contributed by atoms with E-state index < -0.39 is 47.0 Å². The number of nitrogens with one attached hydrogen (secondary N) is 1. The highest BCUT2D eigenvalue weighted by molar-refractivity contribution is 7.93. The average molecular weight is 601 g/mol. The minimum atomic E-state index is -4.31. The van der Waals surface area contributed by atoms with E-state index in [1.165, 1.54) is 13.0 Å². The number of rotatable bonds is 9. The Balaban J connectivity index is 1.81. The molecule has 0 saturated heterocycles. The maximum Gasteiger partial charge on any atom is 0.243 e. The molecule has 0 radical (unpaired) electrons. The Labute approximate surface area is 240 Å². The molecule has 2 aromatic heterocycles. The second kappa shape index (κ2) is 11.4. The molecule has 2 heterocycles. The first-order chi connectivity index (χ1) is 19.1. The van der Waals surface area contributed by atoms with Crippen molar-refractivity contribution < 1.29 is 21.6 Å². The van der Waals surface area contributed by atoms with Crippen molar-refractivity contribution in [3.05, 3.63) is 83.9 Å². The maximum absolute atomic E-state index is 15.0. The van der Waals surface area contributed by atoms with Crippen LogP contribution in [-0.2, 0) is 14.4 Å². The summed E-state index contributed by atoms with van der Waals surface area (Å²) in [4.78, 5) is 8.76. The molecule has 218 valence electrons. The second-order valence-electron chi connectivity index (χ2n) is 11.4. The molecule has 13 heteroatoms. The summed E-state index contributed by atoms with van der Waals surface area (Å²) in [6, 6.07) is 11.9. The summed E-state index contributed by atoms with van der Waals surface area (Å²) >= 11 is 0. The van der Waals surface area contributed by atoms with Gasteiger partial charge in [-0.1, -0.05) is 57.2 Å². The van der Waals surface area contributed by atoms with Gasteiger partial charge >= 0.3 is 0 Å². The van der Waals surface area contributed by atoms with Gasteiger partial charge in [0.05, 0.1) is 0 Å². The molecule has 4 aromatic rings. The predicted octanol–water partition coefficient (Wildman–Crippen LogP) is 6.20. The van der Waals surface area contributed by atoms with Crippen molar-refractivity contribution >= 4 is 24.3 Å². The van der Waals surface area contributed by atoms with Crippen LogP contribution in [0.15, 0.2) is 60.9 Å². The van der Waals surface area contributed by atoms with Crippen molar-refractivity contribution in [2.45, 2.75) is 64.1 Å². The number of aromatic nitrogens is 5. The van der Waals surface area contributed by atoms with Gasteiger partial charge in [0.25, 0.3) is 0 Å². The zero-order valence-corrected chi connectivity index (χ0v) is 25.9. The van der Waals surface area contributed by atoms with Gasteiger partial charge in [-0.15, -0.1) is 10.2 Å². The molecular weight excluding hydrogens is 566 g/mol. The maximum atomic E-state index is 15.0. The first-order valence-electron chi connectivity index (χ1n) is 13.1. The third-order valence-corrected chi connectivity index (χ3v) is 13.4. The summed E-state index contributed by atoms with van der Waals surface area (Å²) in [7, 11) is -6.84. The van der Waals surface area contributed by atoms with Crippen LogP contribution < -0.4 is 4.72 Å². The Morgan fingerprint density at radius 2 is 1.54 bits per heavy atom. The van der Waals surface area contributed by atoms with Crippen LogP contribution in [0.3, 0.4) is 0 Å². The van der Waals surface area contributed by atoms with E-state index >= 15 is 8.78 Å². The molecule has 0 spiro atoms. The van der Waals surface area contributed by atoms with Gasteiger partial charge in [-0.25, -0.2) is 27.2 Å².